The zero-order chi connectivity index (χ0) is 29.8. The summed E-state index contributed by atoms with van der Waals surface area (Å²) in [5.41, 5.74) is 2.60. The number of aliphatic imine (C=N–C) groups is 1. The number of rotatable bonds is 7. The Morgan fingerprint density at radius 3 is 2.66 bits per heavy atom. The van der Waals surface area contributed by atoms with E-state index in [1.807, 2.05) is 45.0 Å². The molecule has 1 N–H and O–H groups in total. The summed E-state index contributed by atoms with van der Waals surface area (Å²) in [6.45, 7) is 11.1. The largest absolute Gasteiger partial charge is 0.511 e. The zero-order valence-electron chi connectivity index (χ0n) is 23.7. The highest BCUT2D eigenvalue weighted by atomic mass is 35.5. The maximum Gasteiger partial charge on any atom is 0.246 e. The average Bonchev–Trinajstić information content (AvgIpc) is 2.95. The maximum atomic E-state index is 13.9. The van der Waals surface area contributed by atoms with E-state index in [-0.39, 0.29) is 46.6 Å². The van der Waals surface area contributed by atoms with Gasteiger partial charge in [0.2, 0.25) is 12.3 Å². The van der Waals surface area contributed by atoms with Crippen molar-refractivity contribution in [2.45, 2.75) is 45.3 Å². The van der Waals surface area contributed by atoms with Gasteiger partial charge in [-0.2, -0.15) is 0 Å². The molecule has 2 aliphatic rings. The third-order valence-electron chi connectivity index (χ3n) is 7.37. The zero-order valence-corrected chi connectivity index (χ0v) is 24.5. The number of alkyl halides is 1. The van der Waals surface area contributed by atoms with E-state index in [1.54, 1.807) is 18.0 Å². The molecule has 1 aromatic heterocycles. The number of piperazine rings is 1. The molecule has 2 atom stereocenters. The summed E-state index contributed by atoms with van der Waals surface area (Å²) in [5.74, 6) is 0.612. The van der Waals surface area contributed by atoms with Crippen molar-refractivity contribution in [2.24, 2.45) is 4.99 Å². The van der Waals surface area contributed by atoms with Crippen molar-refractivity contribution in [1.82, 2.24) is 14.8 Å². The first-order chi connectivity index (χ1) is 19.6. The highest BCUT2D eigenvalue weighted by molar-refractivity contribution is 6.33. The Morgan fingerprint density at radius 2 is 2.05 bits per heavy atom. The molecule has 2 heterocycles. The van der Waals surface area contributed by atoms with Crippen molar-refractivity contribution in [3.63, 3.8) is 0 Å². The predicted molar refractivity (Wildman–Crippen MR) is 162 cm³/mol. The Bertz CT molecular complexity index is 1440. The summed E-state index contributed by atoms with van der Waals surface area (Å²) < 4.78 is 13.9. The number of allylic oxidation sites excluding steroid dienone is 4. The second-order valence-corrected chi connectivity index (χ2v) is 10.8. The Balaban J connectivity index is 1.91. The molecule has 216 valence electrons. The monoisotopic (exact) mass is 579 g/mol. The molecule has 0 bridgehead atoms. The van der Waals surface area contributed by atoms with Crippen molar-refractivity contribution >= 4 is 46.8 Å². The quantitative estimate of drug-likeness (QED) is 0.193. The van der Waals surface area contributed by atoms with E-state index in [0.717, 1.165) is 5.56 Å². The number of anilines is 2. The third-order valence-corrected chi connectivity index (χ3v) is 7.66. The number of carbonyl (C=O) groups is 2. The second kappa shape index (κ2) is 12.7. The highest BCUT2D eigenvalue weighted by Gasteiger charge is 2.32. The lowest BCUT2D eigenvalue weighted by atomic mass is 9.98. The van der Waals surface area contributed by atoms with Gasteiger partial charge in [0.15, 0.2) is 5.82 Å². The summed E-state index contributed by atoms with van der Waals surface area (Å²) in [5, 5.41) is 10.8. The van der Waals surface area contributed by atoms with Crippen LogP contribution < -0.4 is 4.90 Å². The van der Waals surface area contributed by atoms with Gasteiger partial charge < -0.3 is 14.9 Å². The fourth-order valence-electron chi connectivity index (χ4n) is 5.31. The van der Waals surface area contributed by atoms with Crippen LogP contribution in [-0.2, 0) is 9.59 Å². The van der Waals surface area contributed by atoms with Crippen molar-refractivity contribution < 1.29 is 19.1 Å². The van der Waals surface area contributed by atoms with Gasteiger partial charge in [-0.25, -0.2) is 9.37 Å². The molecule has 8 nitrogen and oxygen atoms in total. The number of carbonyl (C=O) groups excluding carboxylic acids is 2. The van der Waals surface area contributed by atoms with Crippen LogP contribution in [0.1, 0.15) is 49.9 Å². The van der Waals surface area contributed by atoms with E-state index < -0.39 is 6.17 Å². The maximum absolute atomic E-state index is 13.9. The topological polar surface area (TPSA) is 89.3 Å². The smallest absolute Gasteiger partial charge is 0.246 e. The molecule has 1 fully saturated rings. The van der Waals surface area contributed by atoms with Crippen molar-refractivity contribution in [3.05, 3.63) is 82.7 Å². The summed E-state index contributed by atoms with van der Waals surface area (Å²) >= 11 is 6.79. The minimum absolute atomic E-state index is 0.105. The fraction of sp³-hybridized carbons (Fsp3) is 0.355. The first kappa shape index (κ1) is 30.0. The molecule has 4 rings (SSSR count). The second-order valence-electron chi connectivity index (χ2n) is 10.4. The minimum atomic E-state index is -1.31. The minimum Gasteiger partial charge on any atom is -0.511 e. The Hall–Kier alpha value is -3.98. The van der Waals surface area contributed by atoms with Crippen LogP contribution in [0.25, 0.3) is 5.57 Å². The molecule has 1 aliphatic carbocycles. The molecule has 41 heavy (non-hydrogen) atoms. The van der Waals surface area contributed by atoms with E-state index in [1.165, 1.54) is 23.1 Å². The number of hydrogen-bond acceptors (Lipinski definition) is 5. The molecule has 2 amide bonds. The molecule has 2 unspecified atom stereocenters. The highest BCUT2D eigenvalue weighted by Crippen LogP contribution is 2.38. The number of aromatic nitrogens is 1. The Labute approximate surface area is 245 Å². The molecule has 0 spiro atoms. The number of aliphatic hydroxyl groups excluding tert-OH is 1. The summed E-state index contributed by atoms with van der Waals surface area (Å²) in [6.07, 6.45) is 3.30. The van der Waals surface area contributed by atoms with E-state index in [2.05, 4.69) is 16.5 Å². The van der Waals surface area contributed by atoms with Gasteiger partial charge >= 0.3 is 0 Å². The Morgan fingerprint density at radius 1 is 1.32 bits per heavy atom. The number of pyridine rings is 1. The normalized spacial score (nSPS) is 19.5. The van der Waals surface area contributed by atoms with Gasteiger partial charge in [-0.3, -0.25) is 19.5 Å². The SMILES string of the molecule is C=CC(=O)N1CCN(C(=NC)c2cc(Cl)c(C3=C(O)CC(F)C=C3)nc2N(C=O)c2ccccc2C(C)C)C(C)C1. The number of aliphatic hydroxyl groups is 1. The number of hydrogen-bond donors (Lipinski definition) is 1. The van der Waals surface area contributed by atoms with Gasteiger partial charge in [0.25, 0.3) is 0 Å². The van der Waals surface area contributed by atoms with E-state index in [9.17, 15) is 19.1 Å². The van der Waals surface area contributed by atoms with E-state index >= 15 is 0 Å². The van der Waals surface area contributed by atoms with Crippen molar-refractivity contribution in [1.29, 1.82) is 0 Å². The van der Waals surface area contributed by atoms with Crippen LogP contribution in [0.3, 0.4) is 0 Å². The molecule has 1 aromatic carbocycles. The molecule has 0 radical (unpaired) electrons. The van der Waals surface area contributed by atoms with Crippen LogP contribution in [0.2, 0.25) is 5.02 Å². The fourth-order valence-corrected chi connectivity index (χ4v) is 5.57. The van der Waals surface area contributed by atoms with Crippen LogP contribution in [0, 0.1) is 0 Å². The third kappa shape index (κ3) is 6.05. The van der Waals surface area contributed by atoms with Gasteiger partial charge in [0, 0.05) is 44.7 Å². The number of para-hydroxylation sites is 1. The number of amides is 2. The van der Waals surface area contributed by atoms with Gasteiger partial charge in [-0.1, -0.05) is 56.3 Å². The van der Waals surface area contributed by atoms with Crippen LogP contribution >= 0.6 is 11.6 Å². The van der Waals surface area contributed by atoms with Crippen molar-refractivity contribution in [3.8, 4) is 0 Å². The summed E-state index contributed by atoms with van der Waals surface area (Å²) in [6, 6.07) is 9.13. The Kier molecular flexibility index (Phi) is 9.28. The van der Waals surface area contributed by atoms with Crippen LogP contribution in [0.5, 0.6) is 0 Å². The molecule has 2 aromatic rings. The average molecular weight is 580 g/mol. The summed E-state index contributed by atoms with van der Waals surface area (Å²) in [7, 11) is 1.65. The van der Waals surface area contributed by atoms with Gasteiger partial charge in [-0.15, -0.1) is 0 Å². The molecule has 10 heteroatoms. The van der Waals surface area contributed by atoms with Gasteiger partial charge in [0.1, 0.15) is 17.8 Å². The predicted octanol–water partition coefficient (Wildman–Crippen LogP) is 5.82. The lowest BCUT2D eigenvalue weighted by Gasteiger charge is -2.41. The number of halogens is 2. The van der Waals surface area contributed by atoms with Crippen LogP contribution in [-0.4, -0.2) is 76.9 Å². The first-order valence-electron chi connectivity index (χ1n) is 13.5. The molecule has 1 saturated heterocycles. The molecule has 0 saturated carbocycles. The van der Waals surface area contributed by atoms with Crippen LogP contribution in [0.15, 0.2) is 65.9 Å². The molecular formula is C31H35ClFN5O3. The van der Waals surface area contributed by atoms with E-state index in [0.29, 0.717) is 48.7 Å². The number of amidine groups is 1. The van der Waals surface area contributed by atoms with E-state index in [4.69, 9.17) is 16.6 Å². The first-order valence-corrected chi connectivity index (χ1v) is 13.9. The molecular weight excluding hydrogens is 545 g/mol. The van der Waals surface area contributed by atoms with Crippen molar-refractivity contribution in [2.75, 3.05) is 31.6 Å². The standard InChI is InChI=1S/C31H35ClFN5O3/c1-6-28(41)36-13-14-37(20(4)17-36)30(34-5)24-16-25(32)29(23-12-11-21(33)15-27(23)40)35-31(24)38(18-39)26-10-8-7-9-22(26)19(2)3/h6-12,16,18-21,40H,1,13-15,17H2,2-5H3. The summed E-state index contributed by atoms with van der Waals surface area (Å²) in [4.78, 5) is 39.8. The van der Waals surface area contributed by atoms with Crippen LogP contribution in [0.4, 0.5) is 15.9 Å². The van der Waals surface area contributed by atoms with Gasteiger partial charge in [-0.05, 0) is 42.7 Å². The lowest BCUT2D eigenvalue weighted by molar-refractivity contribution is -0.128. The van der Waals surface area contributed by atoms with Gasteiger partial charge in [0.05, 0.1) is 22.0 Å². The number of nitrogens with zero attached hydrogens (tertiary/aromatic N) is 5. The molecule has 1 aliphatic heterocycles. The lowest BCUT2D eigenvalue weighted by Crippen LogP contribution is -2.55. The number of benzene rings is 1.